The molecule has 0 unspecified atom stereocenters. The standard InChI is InChI=1S/C18H31N5O2/c1-13(18(24)19-10-17-7-5-9-25-17)22-8-4-6-16(11-22)12-23-15(3)20-14(2)21-23/h13,16-17H,4-12H2,1-3H3,(H,19,24)/t13-,16+,17-/m0/s1. The summed E-state index contributed by atoms with van der Waals surface area (Å²) in [7, 11) is 0. The number of rotatable bonds is 6. The quantitative estimate of drug-likeness (QED) is 0.838. The molecule has 0 radical (unpaired) electrons. The van der Waals surface area contributed by atoms with Gasteiger partial charge in [0.15, 0.2) is 0 Å². The summed E-state index contributed by atoms with van der Waals surface area (Å²) < 4.78 is 7.59. The number of nitrogens with zero attached hydrogens (tertiary/aromatic N) is 4. The lowest BCUT2D eigenvalue weighted by molar-refractivity contribution is -0.127. The van der Waals surface area contributed by atoms with Crippen LogP contribution in [0.2, 0.25) is 0 Å². The second kappa shape index (κ2) is 8.27. The van der Waals surface area contributed by atoms with Crippen molar-refractivity contribution in [3.8, 4) is 0 Å². The maximum absolute atomic E-state index is 12.5. The topological polar surface area (TPSA) is 72.3 Å². The van der Waals surface area contributed by atoms with Gasteiger partial charge in [0, 0.05) is 26.2 Å². The van der Waals surface area contributed by atoms with E-state index in [-0.39, 0.29) is 18.1 Å². The summed E-state index contributed by atoms with van der Waals surface area (Å²) in [6.07, 6.45) is 4.66. The summed E-state index contributed by atoms with van der Waals surface area (Å²) in [6, 6.07) is -0.0946. The Morgan fingerprint density at radius 2 is 2.20 bits per heavy atom. The molecule has 3 atom stereocenters. The van der Waals surface area contributed by atoms with Crippen molar-refractivity contribution in [2.45, 2.75) is 65.1 Å². The Hall–Kier alpha value is -1.47. The minimum Gasteiger partial charge on any atom is -0.376 e. The van der Waals surface area contributed by atoms with Gasteiger partial charge >= 0.3 is 0 Å². The van der Waals surface area contributed by atoms with E-state index in [2.05, 4.69) is 20.3 Å². The number of hydrogen-bond donors (Lipinski definition) is 1. The van der Waals surface area contributed by atoms with Crippen molar-refractivity contribution in [1.82, 2.24) is 25.0 Å². The number of amides is 1. The number of ether oxygens (including phenoxy) is 1. The minimum absolute atomic E-state index is 0.0946. The van der Waals surface area contributed by atoms with Crippen LogP contribution >= 0.6 is 0 Å². The van der Waals surface area contributed by atoms with E-state index in [1.54, 1.807) is 0 Å². The molecule has 3 heterocycles. The number of likely N-dealkylation sites (tertiary alicyclic amines) is 1. The van der Waals surface area contributed by atoms with E-state index in [0.717, 1.165) is 57.2 Å². The van der Waals surface area contributed by atoms with Gasteiger partial charge in [-0.1, -0.05) is 0 Å². The van der Waals surface area contributed by atoms with E-state index in [1.807, 2.05) is 25.5 Å². The third-order valence-electron chi connectivity index (χ3n) is 5.40. The molecule has 2 saturated heterocycles. The maximum atomic E-state index is 12.5. The third kappa shape index (κ3) is 4.79. The SMILES string of the molecule is Cc1nc(C)n(C[C@@H]2CCCN([C@@H](C)C(=O)NC[C@@H]3CCCO3)C2)n1. The van der Waals surface area contributed by atoms with Crippen LogP contribution in [0.25, 0.3) is 0 Å². The molecule has 1 aromatic heterocycles. The summed E-state index contributed by atoms with van der Waals surface area (Å²) in [6.45, 7) is 10.2. The van der Waals surface area contributed by atoms with Gasteiger partial charge in [0.2, 0.25) is 5.91 Å². The first-order chi connectivity index (χ1) is 12.0. The van der Waals surface area contributed by atoms with E-state index in [0.29, 0.717) is 12.5 Å². The first-order valence-electron chi connectivity index (χ1n) is 9.54. The Kier molecular flexibility index (Phi) is 6.06. The third-order valence-corrected chi connectivity index (χ3v) is 5.40. The van der Waals surface area contributed by atoms with Crippen LogP contribution in [0.3, 0.4) is 0 Å². The highest BCUT2D eigenvalue weighted by Gasteiger charge is 2.28. The van der Waals surface area contributed by atoms with Gasteiger partial charge in [-0.2, -0.15) is 5.10 Å². The highest BCUT2D eigenvalue weighted by Crippen LogP contribution is 2.20. The zero-order valence-corrected chi connectivity index (χ0v) is 15.7. The molecular weight excluding hydrogens is 318 g/mol. The van der Waals surface area contributed by atoms with Gasteiger partial charge in [-0.15, -0.1) is 0 Å². The molecule has 3 rings (SSSR count). The number of carbonyl (C=O) groups is 1. The van der Waals surface area contributed by atoms with Gasteiger partial charge in [0.05, 0.1) is 12.1 Å². The van der Waals surface area contributed by atoms with Crippen LogP contribution in [0.1, 0.15) is 44.3 Å². The first-order valence-corrected chi connectivity index (χ1v) is 9.54. The second-order valence-corrected chi connectivity index (χ2v) is 7.45. The molecule has 2 aliphatic rings. The molecule has 0 saturated carbocycles. The van der Waals surface area contributed by atoms with Crippen LogP contribution in [-0.4, -0.2) is 64.0 Å². The normalized spacial score (nSPS) is 25.9. The zero-order chi connectivity index (χ0) is 17.8. The summed E-state index contributed by atoms with van der Waals surface area (Å²) in [5.74, 6) is 2.43. The summed E-state index contributed by atoms with van der Waals surface area (Å²) >= 11 is 0. The molecule has 0 aliphatic carbocycles. The average molecular weight is 349 g/mol. The van der Waals surface area contributed by atoms with Crippen LogP contribution in [-0.2, 0) is 16.1 Å². The fraction of sp³-hybridized carbons (Fsp3) is 0.833. The van der Waals surface area contributed by atoms with Crippen LogP contribution in [0.5, 0.6) is 0 Å². The van der Waals surface area contributed by atoms with E-state index < -0.39 is 0 Å². The van der Waals surface area contributed by atoms with Crippen molar-refractivity contribution >= 4 is 5.91 Å². The van der Waals surface area contributed by atoms with Crippen molar-refractivity contribution < 1.29 is 9.53 Å². The Morgan fingerprint density at radius 3 is 2.88 bits per heavy atom. The van der Waals surface area contributed by atoms with Gasteiger partial charge in [-0.3, -0.25) is 9.69 Å². The molecule has 2 fully saturated rings. The molecule has 25 heavy (non-hydrogen) atoms. The number of carbonyl (C=O) groups excluding carboxylic acids is 1. The smallest absolute Gasteiger partial charge is 0.237 e. The highest BCUT2D eigenvalue weighted by atomic mass is 16.5. The Labute approximate surface area is 150 Å². The molecule has 2 aliphatic heterocycles. The first kappa shape index (κ1) is 18.3. The van der Waals surface area contributed by atoms with Crippen molar-refractivity contribution in [3.63, 3.8) is 0 Å². The van der Waals surface area contributed by atoms with Crippen molar-refractivity contribution in [2.75, 3.05) is 26.2 Å². The molecule has 1 aromatic rings. The number of piperidine rings is 1. The van der Waals surface area contributed by atoms with E-state index in [4.69, 9.17) is 4.74 Å². The molecule has 0 bridgehead atoms. The molecule has 140 valence electrons. The van der Waals surface area contributed by atoms with Gasteiger partial charge < -0.3 is 10.1 Å². The van der Waals surface area contributed by atoms with Gasteiger partial charge in [-0.05, 0) is 58.9 Å². The molecule has 7 nitrogen and oxygen atoms in total. The van der Waals surface area contributed by atoms with Gasteiger partial charge in [-0.25, -0.2) is 9.67 Å². The number of aryl methyl sites for hydroxylation is 2. The summed E-state index contributed by atoms with van der Waals surface area (Å²) in [4.78, 5) is 19.2. The Balaban J connectivity index is 1.49. The van der Waals surface area contributed by atoms with Crippen LogP contribution in [0, 0.1) is 19.8 Å². The number of hydrogen-bond acceptors (Lipinski definition) is 5. The van der Waals surface area contributed by atoms with E-state index in [1.165, 1.54) is 6.42 Å². The van der Waals surface area contributed by atoms with Crippen LogP contribution < -0.4 is 5.32 Å². The van der Waals surface area contributed by atoms with Crippen molar-refractivity contribution in [2.24, 2.45) is 5.92 Å². The Morgan fingerprint density at radius 1 is 1.36 bits per heavy atom. The monoisotopic (exact) mass is 349 g/mol. The summed E-state index contributed by atoms with van der Waals surface area (Å²) in [5.41, 5.74) is 0. The zero-order valence-electron chi connectivity index (χ0n) is 15.7. The van der Waals surface area contributed by atoms with Crippen LogP contribution in [0.15, 0.2) is 0 Å². The lowest BCUT2D eigenvalue weighted by atomic mass is 9.96. The fourth-order valence-corrected chi connectivity index (χ4v) is 3.91. The average Bonchev–Trinajstić information content (AvgIpc) is 3.22. The Bertz CT molecular complexity index is 582. The van der Waals surface area contributed by atoms with Crippen LogP contribution in [0.4, 0.5) is 0 Å². The molecule has 1 N–H and O–H groups in total. The van der Waals surface area contributed by atoms with Gasteiger partial charge in [0.25, 0.3) is 0 Å². The largest absolute Gasteiger partial charge is 0.376 e. The lowest BCUT2D eigenvalue weighted by Gasteiger charge is -2.36. The molecule has 7 heteroatoms. The van der Waals surface area contributed by atoms with Crippen molar-refractivity contribution in [1.29, 1.82) is 0 Å². The predicted molar refractivity (Wildman–Crippen MR) is 95.2 cm³/mol. The summed E-state index contributed by atoms with van der Waals surface area (Å²) in [5, 5.41) is 7.54. The van der Waals surface area contributed by atoms with E-state index in [9.17, 15) is 4.79 Å². The molecule has 0 spiro atoms. The number of aromatic nitrogens is 3. The molecule has 1 amide bonds. The van der Waals surface area contributed by atoms with Crippen molar-refractivity contribution in [3.05, 3.63) is 11.6 Å². The molecule has 0 aromatic carbocycles. The van der Waals surface area contributed by atoms with E-state index >= 15 is 0 Å². The minimum atomic E-state index is -0.0946. The number of nitrogens with one attached hydrogen (secondary N) is 1. The highest BCUT2D eigenvalue weighted by molar-refractivity contribution is 5.81. The fourth-order valence-electron chi connectivity index (χ4n) is 3.91. The lowest BCUT2D eigenvalue weighted by Crippen LogP contribution is -2.50. The maximum Gasteiger partial charge on any atom is 0.237 e. The molecular formula is C18H31N5O2. The predicted octanol–water partition coefficient (Wildman–Crippen LogP) is 1.29. The second-order valence-electron chi connectivity index (χ2n) is 7.45. The van der Waals surface area contributed by atoms with Gasteiger partial charge in [0.1, 0.15) is 11.6 Å².